The summed E-state index contributed by atoms with van der Waals surface area (Å²) in [6.45, 7) is 4.89. The van der Waals surface area contributed by atoms with Crippen molar-refractivity contribution in [1.82, 2.24) is 10.2 Å². The van der Waals surface area contributed by atoms with Gasteiger partial charge in [0.25, 0.3) is 5.91 Å². The maximum Gasteiger partial charge on any atom is 0.251 e. The molecule has 2 atom stereocenters. The molecule has 0 bridgehead atoms. The normalized spacial score (nSPS) is 16.4. The third kappa shape index (κ3) is 6.25. The fourth-order valence-electron chi connectivity index (χ4n) is 4.31. The molecule has 0 spiro atoms. The van der Waals surface area contributed by atoms with Gasteiger partial charge in [-0.25, -0.2) is 0 Å². The minimum atomic E-state index is -0.102. The van der Waals surface area contributed by atoms with Crippen molar-refractivity contribution in [2.75, 3.05) is 12.9 Å². The van der Waals surface area contributed by atoms with E-state index in [0.29, 0.717) is 23.8 Å². The van der Waals surface area contributed by atoms with E-state index in [-0.39, 0.29) is 23.2 Å². The van der Waals surface area contributed by atoms with E-state index in [2.05, 4.69) is 19.2 Å². The van der Waals surface area contributed by atoms with Gasteiger partial charge in [0.2, 0.25) is 5.91 Å². The van der Waals surface area contributed by atoms with Crippen molar-refractivity contribution >= 4 is 23.6 Å². The Hall–Kier alpha value is -3.25. The van der Waals surface area contributed by atoms with E-state index in [0.717, 1.165) is 28.9 Å². The quantitative estimate of drug-likeness (QED) is 0.402. The molecule has 5 nitrogen and oxygen atoms in total. The summed E-state index contributed by atoms with van der Waals surface area (Å²) in [5.74, 6) is 1.73. The second-order valence-corrected chi connectivity index (χ2v) is 10.3. The van der Waals surface area contributed by atoms with E-state index in [1.807, 2.05) is 83.8 Å². The van der Waals surface area contributed by atoms with Gasteiger partial charge in [-0.2, -0.15) is 0 Å². The lowest BCUT2D eigenvalue weighted by Gasteiger charge is -2.25. The molecule has 2 amide bonds. The minimum Gasteiger partial charge on any atom is -0.497 e. The first-order chi connectivity index (χ1) is 16.9. The number of thioether (sulfide) groups is 1. The van der Waals surface area contributed by atoms with Crippen LogP contribution in [0.5, 0.6) is 5.75 Å². The number of rotatable bonds is 9. The van der Waals surface area contributed by atoms with Crippen molar-refractivity contribution in [2.45, 2.75) is 38.2 Å². The Morgan fingerprint density at radius 1 is 1.03 bits per heavy atom. The Bertz CT molecular complexity index is 1130. The number of hydrogen-bond acceptors (Lipinski definition) is 4. The summed E-state index contributed by atoms with van der Waals surface area (Å²) < 4.78 is 5.27. The van der Waals surface area contributed by atoms with Gasteiger partial charge >= 0.3 is 0 Å². The number of nitrogens with one attached hydrogen (secondary N) is 1. The lowest BCUT2D eigenvalue weighted by atomic mass is 9.96. The number of methoxy groups -OCH3 is 1. The molecule has 182 valence electrons. The Morgan fingerprint density at radius 2 is 1.71 bits per heavy atom. The summed E-state index contributed by atoms with van der Waals surface area (Å²) in [5.41, 5.74) is 3.81. The standard InChI is InChI=1S/C29H32N2O3S/c1-20(2)17-26(22-13-15-25(34-3)16-14-22)30-28(33)23-9-11-24(12-10-23)29-31(27(32)19-35-29)18-21-7-5-4-6-8-21/h4-16,20,26,29H,17-19H2,1-3H3,(H,30,33)/t26-,29-/m1/s1. The van der Waals surface area contributed by atoms with Crippen LogP contribution in [0.15, 0.2) is 78.9 Å². The van der Waals surface area contributed by atoms with Crippen molar-refractivity contribution in [3.8, 4) is 5.75 Å². The topological polar surface area (TPSA) is 58.6 Å². The molecule has 1 aliphatic heterocycles. The van der Waals surface area contributed by atoms with Crippen molar-refractivity contribution in [1.29, 1.82) is 0 Å². The minimum absolute atomic E-state index is 0.0483. The van der Waals surface area contributed by atoms with Crippen LogP contribution in [0.2, 0.25) is 0 Å². The highest BCUT2D eigenvalue weighted by Crippen LogP contribution is 2.39. The van der Waals surface area contributed by atoms with E-state index in [1.54, 1.807) is 18.9 Å². The molecule has 35 heavy (non-hydrogen) atoms. The van der Waals surface area contributed by atoms with Crippen molar-refractivity contribution in [3.63, 3.8) is 0 Å². The molecule has 1 saturated heterocycles. The van der Waals surface area contributed by atoms with Gasteiger partial charge in [-0.3, -0.25) is 9.59 Å². The van der Waals surface area contributed by atoms with Gasteiger partial charge in [-0.1, -0.05) is 68.4 Å². The molecule has 1 fully saturated rings. The molecular weight excluding hydrogens is 456 g/mol. The Kier molecular flexibility index (Phi) is 8.13. The zero-order valence-corrected chi connectivity index (χ0v) is 21.3. The molecule has 1 aliphatic rings. The molecule has 3 aromatic rings. The number of hydrogen-bond donors (Lipinski definition) is 1. The zero-order chi connectivity index (χ0) is 24.8. The average molecular weight is 489 g/mol. The first-order valence-corrected chi connectivity index (χ1v) is 13.0. The number of benzene rings is 3. The number of ether oxygens (including phenoxy) is 1. The Balaban J connectivity index is 1.46. The van der Waals surface area contributed by atoms with E-state index >= 15 is 0 Å². The van der Waals surface area contributed by atoms with Crippen LogP contribution >= 0.6 is 11.8 Å². The SMILES string of the molecule is COc1ccc([C@@H](CC(C)C)NC(=O)c2ccc([C@H]3SCC(=O)N3Cc3ccccc3)cc2)cc1. The number of amides is 2. The predicted octanol–water partition coefficient (Wildman–Crippen LogP) is 5.99. The van der Waals surface area contributed by atoms with Crippen molar-refractivity contribution in [2.24, 2.45) is 5.92 Å². The fourth-order valence-corrected chi connectivity index (χ4v) is 5.50. The third-order valence-electron chi connectivity index (χ3n) is 6.15. The van der Waals surface area contributed by atoms with Gasteiger partial charge < -0.3 is 15.0 Å². The molecule has 3 aromatic carbocycles. The Labute approximate surface area is 211 Å². The molecule has 4 rings (SSSR count). The monoisotopic (exact) mass is 488 g/mol. The molecule has 0 saturated carbocycles. The van der Waals surface area contributed by atoms with E-state index in [1.165, 1.54) is 0 Å². The lowest BCUT2D eigenvalue weighted by Crippen LogP contribution is -2.30. The van der Waals surface area contributed by atoms with Gasteiger partial charge in [0.15, 0.2) is 0 Å². The molecule has 0 radical (unpaired) electrons. The van der Waals surface area contributed by atoms with Crippen molar-refractivity contribution in [3.05, 3.63) is 101 Å². The summed E-state index contributed by atoms with van der Waals surface area (Å²) in [5, 5.41) is 3.16. The highest BCUT2D eigenvalue weighted by molar-refractivity contribution is 8.00. The maximum absolute atomic E-state index is 13.1. The van der Waals surface area contributed by atoms with E-state index < -0.39 is 0 Å². The lowest BCUT2D eigenvalue weighted by molar-refractivity contribution is -0.128. The van der Waals surface area contributed by atoms with E-state index in [9.17, 15) is 9.59 Å². The van der Waals surface area contributed by atoms with Crippen LogP contribution in [-0.4, -0.2) is 29.6 Å². The first kappa shape index (κ1) is 24.9. The summed E-state index contributed by atoms with van der Waals surface area (Å²) in [6, 6.07) is 25.4. The molecular formula is C29H32N2O3S. The second kappa shape index (κ2) is 11.5. The highest BCUT2D eigenvalue weighted by Gasteiger charge is 2.32. The van der Waals surface area contributed by atoms with Crippen LogP contribution in [0, 0.1) is 5.92 Å². The smallest absolute Gasteiger partial charge is 0.251 e. The molecule has 0 unspecified atom stereocenters. The third-order valence-corrected chi connectivity index (χ3v) is 7.41. The van der Waals surface area contributed by atoms with Gasteiger partial charge in [-0.15, -0.1) is 11.8 Å². The Morgan fingerprint density at radius 3 is 2.34 bits per heavy atom. The highest BCUT2D eigenvalue weighted by atomic mass is 32.2. The van der Waals surface area contributed by atoms with E-state index in [4.69, 9.17) is 4.74 Å². The average Bonchev–Trinajstić information content (AvgIpc) is 3.24. The molecule has 0 aromatic heterocycles. The maximum atomic E-state index is 13.1. The fraction of sp³-hybridized carbons (Fsp3) is 0.310. The second-order valence-electron chi connectivity index (χ2n) is 9.22. The van der Waals surface area contributed by atoms with Gasteiger partial charge in [0, 0.05) is 12.1 Å². The number of carbonyl (C=O) groups is 2. The van der Waals surface area contributed by atoms with Crippen LogP contribution < -0.4 is 10.1 Å². The largest absolute Gasteiger partial charge is 0.497 e. The summed E-state index contributed by atoms with van der Waals surface area (Å²) in [6.07, 6.45) is 0.839. The molecule has 6 heteroatoms. The summed E-state index contributed by atoms with van der Waals surface area (Å²) >= 11 is 1.63. The van der Waals surface area contributed by atoms with Gasteiger partial charge in [-0.05, 0) is 53.3 Å². The molecule has 0 aliphatic carbocycles. The summed E-state index contributed by atoms with van der Waals surface area (Å²) in [4.78, 5) is 27.6. The van der Waals surface area contributed by atoms with Crippen LogP contribution in [0.1, 0.15) is 58.7 Å². The van der Waals surface area contributed by atoms with Gasteiger partial charge in [0.05, 0.1) is 18.9 Å². The molecule has 1 N–H and O–H groups in total. The first-order valence-electron chi connectivity index (χ1n) is 11.9. The predicted molar refractivity (Wildman–Crippen MR) is 141 cm³/mol. The van der Waals surface area contributed by atoms with Crippen LogP contribution in [0.3, 0.4) is 0 Å². The molecule has 1 heterocycles. The summed E-state index contributed by atoms with van der Waals surface area (Å²) in [7, 11) is 1.65. The number of nitrogens with zero attached hydrogens (tertiary/aromatic N) is 1. The van der Waals surface area contributed by atoms with Gasteiger partial charge in [0.1, 0.15) is 11.1 Å². The van der Waals surface area contributed by atoms with Crippen LogP contribution in [0.25, 0.3) is 0 Å². The zero-order valence-electron chi connectivity index (χ0n) is 20.4. The van der Waals surface area contributed by atoms with Crippen LogP contribution in [-0.2, 0) is 11.3 Å². The van der Waals surface area contributed by atoms with Crippen LogP contribution in [0.4, 0.5) is 0 Å². The number of carbonyl (C=O) groups excluding carboxylic acids is 2. The van der Waals surface area contributed by atoms with Crippen molar-refractivity contribution < 1.29 is 14.3 Å².